The van der Waals surface area contributed by atoms with Crippen LogP contribution in [0.15, 0.2) is 41.8 Å². The van der Waals surface area contributed by atoms with Crippen LogP contribution in [0.5, 0.6) is 0 Å². The predicted molar refractivity (Wildman–Crippen MR) is 157 cm³/mol. The predicted octanol–water partition coefficient (Wildman–Crippen LogP) is 6.94. The molecule has 5 heteroatoms. The van der Waals surface area contributed by atoms with E-state index in [0.717, 1.165) is 0 Å². The lowest BCUT2D eigenvalue weighted by atomic mass is 9.76. The summed E-state index contributed by atoms with van der Waals surface area (Å²) in [4.78, 5) is 5.55. The molecule has 0 aliphatic carbocycles. The maximum atomic E-state index is 2.96. The van der Waals surface area contributed by atoms with Crippen molar-refractivity contribution in [3.05, 3.63) is 41.8 Å². The molecule has 0 aromatic heterocycles. The van der Waals surface area contributed by atoms with E-state index in [1.54, 1.807) is 11.0 Å². The standard InChI is InChI=1S/C31H54N4P/c1-25(2)34(26(3)4)30-29(35(27(5)6)31(30,7)8)24-36(28-18-12-9-13-19-28,32-20-14-10-15-21-32)33-22-16-11-17-23-33/h9,12-13,18-19,24-27,30H,10-11,14-17,20-23H2,1-8H3/q+1/t30-/m1/s1. The molecule has 3 fully saturated rings. The Labute approximate surface area is 222 Å². The number of piperidine rings is 2. The molecule has 202 valence electrons. The zero-order valence-corrected chi connectivity index (χ0v) is 25.5. The molecule has 0 saturated carbocycles. The molecule has 4 rings (SSSR count). The fourth-order valence-electron chi connectivity index (χ4n) is 7.64. The third-order valence-corrected chi connectivity index (χ3v) is 13.0. The second-order valence-electron chi connectivity index (χ2n) is 12.7. The second-order valence-corrected chi connectivity index (χ2v) is 15.9. The summed E-state index contributed by atoms with van der Waals surface area (Å²) in [6.45, 7) is 24.2. The molecule has 0 radical (unpaired) electrons. The Morgan fingerprint density at radius 1 is 0.861 bits per heavy atom. The van der Waals surface area contributed by atoms with E-state index in [9.17, 15) is 0 Å². The average molecular weight is 514 g/mol. The van der Waals surface area contributed by atoms with E-state index in [2.05, 4.69) is 110 Å². The van der Waals surface area contributed by atoms with Gasteiger partial charge in [0.15, 0.2) is 0 Å². The molecule has 3 aliphatic rings. The van der Waals surface area contributed by atoms with Gasteiger partial charge in [-0.25, -0.2) is 9.00 Å². The van der Waals surface area contributed by atoms with E-state index < -0.39 is 7.21 Å². The van der Waals surface area contributed by atoms with Crippen LogP contribution < -0.4 is 5.30 Å². The van der Waals surface area contributed by atoms with E-state index in [1.807, 2.05) is 0 Å². The highest BCUT2D eigenvalue weighted by Gasteiger charge is 2.56. The van der Waals surface area contributed by atoms with Crippen molar-refractivity contribution in [2.75, 3.05) is 26.2 Å². The molecule has 0 N–H and O–H groups in total. The third kappa shape index (κ3) is 4.99. The average Bonchev–Trinajstić information content (AvgIpc) is 2.85. The van der Waals surface area contributed by atoms with Gasteiger partial charge in [0.25, 0.3) is 0 Å². The maximum absolute atomic E-state index is 2.96. The number of rotatable bonds is 7. The van der Waals surface area contributed by atoms with E-state index in [0.29, 0.717) is 24.2 Å². The van der Waals surface area contributed by atoms with E-state index in [4.69, 9.17) is 0 Å². The van der Waals surface area contributed by atoms with Gasteiger partial charge < -0.3 is 4.90 Å². The lowest BCUT2D eigenvalue weighted by Crippen LogP contribution is -2.74. The quantitative estimate of drug-likeness (QED) is 0.367. The number of likely N-dealkylation sites (tertiary alicyclic amines) is 1. The first-order chi connectivity index (χ1) is 17.1. The number of hydrogen-bond acceptors (Lipinski definition) is 2. The topological polar surface area (TPSA) is 12.7 Å². The van der Waals surface area contributed by atoms with Crippen LogP contribution in [-0.4, -0.2) is 74.7 Å². The highest BCUT2D eigenvalue weighted by atomic mass is 31.2. The highest BCUT2D eigenvalue weighted by molar-refractivity contribution is 7.72. The van der Waals surface area contributed by atoms with Gasteiger partial charge in [0.05, 0.1) is 16.9 Å². The Bertz CT molecular complexity index is 940. The van der Waals surface area contributed by atoms with Crippen LogP contribution >= 0.6 is 7.21 Å². The van der Waals surface area contributed by atoms with Crippen LogP contribution in [0.4, 0.5) is 0 Å². The monoisotopic (exact) mass is 513 g/mol. The van der Waals surface area contributed by atoms with Gasteiger partial charge in [-0.05, 0) is 86.8 Å². The molecule has 0 amide bonds. The largest absolute Gasteiger partial charge is 0.364 e. The van der Waals surface area contributed by atoms with Crippen molar-refractivity contribution in [2.45, 2.75) is 124 Å². The minimum absolute atomic E-state index is 0.116. The molecule has 1 aromatic rings. The Morgan fingerprint density at radius 2 is 1.42 bits per heavy atom. The van der Waals surface area contributed by atoms with Gasteiger partial charge in [-0.3, -0.25) is 4.90 Å². The third-order valence-electron chi connectivity index (χ3n) is 8.83. The molecule has 1 unspecified atom stereocenters. The summed E-state index contributed by atoms with van der Waals surface area (Å²) in [5, 5.41) is 1.56. The van der Waals surface area contributed by atoms with Gasteiger partial charge in [-0.1, -0.05) is 24.6 Å². The van der Waals surface area contributed by atoms with Gasteiger partial charge >= 0.3 is 0 Å². The Hall–Kier alpha value is -1.09. The summed E-state index contributed by atoms with van der Waals surface area (Å²) >= 11 is 0. The van der Waals surface area contributed by atoms with Crippen molar-refractivity contribution in [1.82, 2.24) is 14.5 Å². The van der Waals surface area contributed by atoms with Crippen LogP contribution in [0.25, 0.3) is 0 Å². The van der Waals surface area contributed by atoms with Crippen molar-refractivity contribution in [1.29, 1.82) is 0 Å². The van der Waals surface area contributed by atoms with E-state index >= 15 is 0 Å². The molecule has 3 aliphatic heterocycles. The van der Waals surface area contributed by atoms with Crippen molar-refractivity contribution in [3.63, 3.8) is 0 Å². The number of hydrogen-bond donors (Lipinski definition) is 0. The summed E-state index contributed by atoms with van der Waals surface area (Å²) in [5.41, 5.74) is 1.70. The lowest BCUT2D eigenvalue weighted by molar-refractivity contribution is -0.520. The van der Waals surface area contributed by atoms with Crippen molar-refractivity contribution < 1.29 is 4.33 Å². The molecule has 2 atom stereocenters. The zero-order valence-electron chi connectivity index (χ0n) is 24.6. The van der Waals surface area contributed by atoms with Crippen LogP contribution in [0.1, 0.15) is 93.9 Å². The SMILES string of the molecule is CC(C)N(C(C)C)[C@@H]1/C(=C/P(c2ccccc2)(N2CCCCC2)=[N+]2CCCCC2)N(C(C)C)C1(C)C. The smallest absolute Gasteiger partial charge is 0.218 e. The minimum Gasteiger partial charge on any atom is -0.364 e. The fraction of sp³-hybridized carbons (Fsp3) is 0.742. The molecule has 36 heavy (non-hydrogen) atoms. The Balaban J connectivity index is 2.01. The first-order valence-electron chi connectivity index (χ1n) is 14.9. The zero-order chi connectivity index (χ0) is 26.1. The van der Waals surface area contributed by atoms with Crippen LogP contribution in [-0.2, 0) is 0 Å². The summed E-state index contributed by atoms with van der Waals surface area (Å²) < 4.78 is 5.92. The first-order valence-corrected chi connectivity index (χ1v) is 16.6. The maximum Gasteiger partial charge on any atom is 0.218 e. The molecule has 1 aromatic carbocycles. The van der Waals surface area contributed by atoms with Crippen molar-refractivity contribution in [3.8, 4) is 0 Å². The normalized spacial score (nSPS) is 26.2. The molecule has 0 bridgehead atoms. The molecule has 4 nitrogen and oxygen atoms in total. The Morgan fingerprint density at radius 3 is 1.94 bits per heavy atom. The molecule has 3 heterocycles. The van der Waals surface area contributed by atoms with Gasteiger partial charge in [-0.15, -0.1) is 0 Å². The van der Waals surface area contributed by atoms with Crippen molar-refractivity contribution >= 4 is 12.5 Å². The first kappa shape index (κ1) is 27.9. The van der Waals surface area contributed by atoms with Crippen LogP contribution in [0.3, 0.4) is 0 Å². The fourth-order valence-corrected chi connectivity index (χ4v) is 12.2. The van der Waals surface area contributed by atoms with Gasteiger partial charge in [0, 0.05) is 55.6 Å². The summed E-state index contributed by atoms with van der Waals surface area (Å²) in [6.07, 6.45) is 8.09. The minimum atomic E-state index is -1.86. The second kappa shape index (κ2) is 11.3. The summed E-state index contributed by atoms with van der Waals surface area (Å²) in [6, 6.07) is 13.6. The number of benzene rings is 1. The number of nitrogens with zero attached hydrogens (tertiary/aromatic N) is 4. The van der Waals surface area contributed by atoms with Gasteiger partial charge in [0.1, 0.15) is 13.1 Å². The van der Waals surface area contributed by atoms with Crippen molar-refractivity contribution in [2.24, 2.45) is 0 Å². The summed E-state index contributed by atoms with van der Waals surface area (Å²) in [7, 11) is -1.86. The van der Waals surface area contributed by atoms with E-state index in [-0.39, 0.29) is 5.54 Å². The molecular formula is C31H54N4P+. The summed E-state index contributed by atoms with van der Waals surface area (Å²) in [5.74, 6) is 2.87. The lowest BCUT2D eigenvalue weighted by Gasteiger charge is -2.65. The van der Waals surface area contributed by atoms with Crippen LogP contribution in [0, 0.1) is 0 Å². The molecule has 3 saturated heterocycles. The van der Waals surface area contributed by atoms with Gasteiger partial charge in [0.2, 0.25) is 7.21 Å². The van der Waals surface area contributed by atoms with Gasteiger partial charge in [-0.2, -0.15) is 0 Å². The van der Waals surface area contributed by atoms with Crippen LogP contribution in [0.2, 0.25) is 0 Å². The van der Waals surface area contributed by atoms with E-state index in [1.165, 1.54) is 64.7 Å². The molecular weight excluding hydrogens is 459 g/mol. The highest BCUT2D eigenvalue weighted by Crippen LogP contribution is 2.59. The Kier molecular flexibility index (Phi) is 8.80. The molecule has 0 spiro atoms.